The van der Waals surface area contributed by atoms with Crippen LogP contribution in [-0.2, 0) is 13.1 Å². The minimum Gasteiger partial charge on any atom is -0.399 e. The lowest BCUT2D eigenvalue weighted by molar-refractivity contribution is 1.03. The Bertz CT molecular complexity index is 257. The average Bonchev–Trinajstić information content (AvgIpc) is 2.08. The smallest absolute Gasteiger partial charge is 0.0406 e. The standard InChI is InChI=1S/C8H14N4/c9-3-5-1-7(11)2-6(4-10)8(5)12/h1-2H,3-4,9-12H2. The normalized spacial score (nSPS) is 10.2. The zero-order valence-corrected chi connectivity index (χ0v) is 6.88. The molecule has 0 heterocycles. The Morgan fingerprint density at radius 2 is 1.33 bits per heavy atom. The minimum absolute atomic E-state index is 0.393. The molecule has 0 bridgehead atoms. The Morgan fingerprint density at radius 1 is 0.917 bits per heavy atom. The third-order valence-corrected chi connectivity index (χ3v) is 1.81. The maximum Gasteiger partial charge on any atom is 0.0406 e. The highest BCUT2D eigenvalue weighted by Crippen LogP contribution is 2.20. The second kappa shape index (κ2) is 3.42. The van der Waals surface area contributed by atoms with Crippen LogP contribution in [0.5, 0.6) is 0 Å². The van der Waals surface area contributed by atoms with E-state index in [4.69, 9.17) is 22.9 Å². The molecule has 66 valence electrons. The van der Waals surface area contributed by atoms with E-state index in [1.165, 1.54) is 0 Å². The highest BCUT2D eigenvalue weighted by atomic mass is 14.7. The lowest BCUT2D eigenvalue weighted by Gasteiger charge is -2.09. The summed E-state index contributed by atoms with van der Waals surface area (Å²) in [6, 6.07) is 3.54. The summed E-state index contributed by atoms with van der Waals surface area (Å²) in [6.45, 7) is 0.785. The van der Waals surface area contributed by atoms with Gasteiger partial charge >= 0.3 is 0 Å². The third kappa shape index (κ3) is 1.49. The van der Waals surface area contributed by atoms with Crippen molar-refractivity contribution in [2.75, 3.05) is 11.5 Å². The van der Waals surface area contributed by atoms with Gasteiger partial charge in [-0.05, 0) is 23.3 Å². The SMILES string of the molecule is NCc1cc(N)cc(CN)c1N. The van der Waals surface area contributed by atoms with Crippen LogP contribution in [0.2, 0.25) is 0 Å². The topological polar surface area (TPSA) is 104 Å². The summed E-state index contributed by atoms with van der Waals surface area (Å²) < 4.78 is 0. The van der Waals surface area contributed by atoms with Crippen LogP contribution >= 0.6 is 0 Å². The molecule has 0 atom stereocenters. The van der Waals surface area contributed by atoms with Gasteiger partial charge in [0.15, 0.2) is 0 Å². The molecule has 0 radical (unpaired) electrons. The number of rotatable bonds is 2. The van der Waals surface area contributed by atoms with Crippen molar-refractivity contribution >= 4 is 11.4 Å². The lowest BCUT2D eigenvalue weighted by Crippen LogP contribution is -2.08. The molecule has 4 nitrogen and oxygen atoms in total. The van der Waals surface area contributed by atoms with Crippen molar-refractivity contribution in [1.29, 1.82) is 0 Å². The zero-order chi connectivity index (χ0) is 9.14. The predicted molar refractivity (Wildman–Crippen MR) is 51.0 cm³/mol. The fraction of sp³-hybridized carbons (Fsp3) is 0.250. The Hall–Kier alpha value is -1.26. The van der Waals surface area contributed by atoms with Gasteiger partial charge in [0.2, 0.25) is 0 Å². The number of benzene rings is 1. The van der Waals surface area contributed by atoms with Crippen molar-refractivity contribution in [2.45, 2.75) is 13.1 Å². The van der Waals surface area contributed by atoms with Crippen LogP contribution in [0.25, 0.3) is 0 Å². The van der Waals surface area contributed by atoms with E-state index in [0.717, 1.165) is 11.1 Å². The lowest BCUT2D eigenvalue weighted by atomic mass is 10.1. The molecule has 12 heavy (non-hydrogen) atoms. The molecular formula is C8H14N4. The summed E-state index contributed by atoms with van der Waals surface area (Å²) in [4.78, 5) is 0. The van der Waals surface area contributed by atoms with Crippen LogP contribution in [0.15, 0.2) is 12.1 Å². The molecule has 0 unspecified atom stereocenters. The largest absolute Gasteiger partial charge is 0.399 e. The van der Waals surface area contributed by atoms with Crippen molar-refractivity contribution in [3.63, 3.8) is 0 Å². The molecule has 0 fully saturated rings. The van der Waals surface area contributed by atoms with E-state index in [1.54, 1.807) is 12.1 Å². The van der Waals surface area contributed by atoms with Crippen molar-refractivity contribution in [1.82, 2.24) is 0 Å². The molecule has 8 N–H and O–H groups in total. The molecular weight excluding hydrogens is 152 g/mol. The fourth-order valence-electron chi connectivity index (χ4n) is 1.14. The summed E-state index contributed by atoms with van der Waals surface area (Å²) in [5.41, 5.74) is 25.3. The van der Waals surface area contributed by atoms with Gasteiger partial charge in [-0.2, -0.15) is 0 Å². The zero-order valence-electron chi connectivity index (χ0n) is 6.88. The van der Waals surface area contributed by atoms with Gasteiger partial charge in [0.1, 0.15) is 0 Å². The number of hydrogen-bond donors (Lipinski definition) is 4. The molecule has 0 aliphatic carbocycles. The predicted octanol–water partition coefficient (Wildman–Crippen LogP) is -0.232. The summed E-state index contributed by atoms with van der Waals surface area (Å²) in [5, 5.41) is 0. The molecule has 1 aromatic rings. The maximum absolute atomic E-state index is 5.76. The molecule has 1 aromatic carbocycles. The van der Waals surface area contributed by atoms with E-state index in [-0.39, 0.29) is 0 Å². The maximum atomic E-state index is 5.76. The Morgan fingerprint density at radius 3 is 1.67 bits per heavy atom. The van der Waals surface area contributed by atoms with Gasteiger partial charge < -0.3 is 22.9 Å². The van der Waals surface area contributed by atoms with E-state index in [0.29, 0.717) is 24.5 Å². The Kier molecular flexibility index (Phi) is 2.52. The van der Waals surface area contributed by atoms with Gasteiger partial charge in [-0.15, -0.1) is 0 Å². The van der Waals surface area contributed by atoms with Crippen molar-refractivity contribution in [3.05, 3.63) is 23.3 Å². The van der Waals surface area contributed by atoms with E-state index in [9.17, 15) is 0 Å². The second-order valence-electron chi connectivity index (χ2n) is 2.66. The summed E-state index contributed by atoms with van der Waals surface area (Å²) in [5.74, 6) is 0. The minimum atomic E-state index is 0.393. The monoisotopic (exact) mass is 166 g/mol. The molecule has 1 rings (SSSR count). The number of hydrogen-bond acceptors (Lipinski definition) is 4. The molecule has 4 heteroatoms. The van der Waals surface area contributed by atoms with Gasteiger partial charge in [0.05, 0.1) is 0 Å². The summed E-state index contributed by atoms with van der Waals surface area (Å²) in [7, 11) is 0. The van der Waals surface area contributed by atoms with Crippen molar-refractivity contribution in [3.8, 4) is 0 Å². The molecule has 0 spiro atoms. The molecule has 0 saturated carbocycles. The van der Waals surface area contributed by atoms with Crippen LogP contribution in [0.4, 0.5) is 11.4 Å². The van der Waals surface area contributed by atoms with E-state index in [2.05, 4.69) is 0 Å². The van der Waals surface area contributed by atoms with E-state index < -0.39 is 0 Å². The first-order chi connectivity index (χ1) is 5.69. The van der Waals surface area contributed by atoms with Crippen LogP contribution in [0.3, 0.4) is 0 Å². The molecule has 0 amide bonds. The first-order valence-corrected chi connectivity index (χ1v) is 3.76. The molecule has 0 aliphatic heterocycles. The molecule has 0 saturated heterocycles. The first kappa shape index (κ1) is 8.83. The highest BCUT2D eigenvalue weighted by Gasteiger charge is 2.03. The summed E-state index contributed by atoms with van der Waals surface area (Å²) >= 11 is 0. The van der Waals surface area contributed by atoms with Gasteiger partial charge in [0, 0.05) is 24.5 Å². The fourth-order valence-corrected chi connectivity index (χ4v) is 1.14. The Labute approximate surface area is 71.5 Å². The first-order valence-electron chi connectivity index (χ1n) is 3.76. The number of anilines is 2. The van der Waals surface area contributed by atoms with Gasteiger partial charge in [-0.3, -0.25) is 0 Å². The van der Waals surface area contributed by atoms with E-state index >= 15 is 0 Å². The second-order valence-corrected chi connectivity index (χ2v) is 2.66. The number of nitrogens with two attached hydrogens (primary N) is 4. The average molecular weight is 166 g/mol. The quantitative estimate of drug-likeness (QED) is 0.455. The van der Waals surface area contributed by atoms with Crippen LogP contribution < -0.4 is 22.9 Å². The van der Waals surface area contributed by atoms with Crippen LogP contribution in [0, 0.1) is 0 Å². The third-order valence-electron chi connectivity index (χ3n) is 1.81. The van der Waals surface area contributed by atoms with Crippen LogP contribution in [0.1, 0.15) is 11.1 Å². The van der Waals surface area contributed by atoms with Crippen molar-refractivity contribution < 1.29 is 0 Å². The molecule has 0 aliphatic rings. The summed E-state index contributed by atoms with van der Waals surface area (Å²) in [6.07, 6.45) is 0. The highest BCUT2D eigenvalue weighted by molar-refractivity contribution is 5.61. The van der Waals surface area contributed by atoms with Crippen LogP contribution in [-0.4, -0.2) is 0 Å². The van der Waals surface area contributed by atoms with Gasteiger partial charge in [-0.1, -0.05) is 0 Å². The van der Waals surface area contributed by atoms with E-state index in [1.807, 2.05) is 0 Å². The Balaban J connectivity index is 3.22. The van der Waals surface area contributed by atoms with Gasteiger partial charge in [-0.25, -0.2) is 0 Å². The van der Waals surface area contributed by atoms with Crippen molar-refractivity contribution in [2.24, 2.45) is 11.5 Å². The number of nitrogen functional groups attached to an aromatic ring is 2. The molecule has 0 aromatic heterocycles. The van der Waals surface area contributed by atoms with Gasteiger partial charge in [0.25, 0.3) is 0 Å².